The molecule has 5 rings (SSSR count). The average molecular weight is 499 g/mol. The lowest BCUT2D eigenvalue weighted by Gasteiger charge is -2.25. The molecule has 0 fully saturated rings. The first kappa shape index (κ1) is 24.3. The van der Waals surface area contributed by atoms with Crippen molar-refractivity contribution in [2.24, 2.45) is 0 Å². The summed E-state index contributed by atoms with van der Waals surface area (Å²) in [5, 5.41) is 1.08. The number of rotatable bonds is 11. The largest absolute Gasteiger partial charge is 0.361 e. The van der Waals surface area contributed by atoms with Gasteiger partial charge in [0.15, 0.2) is 5.82 Å². The van der Waals surface area contributed by atoms with Crippen LogP contribution < -0.4 is 4.90 Å². The molecule has 2 aromatic heterocycles. The maximum atomic E-state index is 6.08. The number of para-hydroxylation sites is 1. The molecule has 0 aliphatic carbocycles. The Bertz CT molecular complexity index is 1380. The molecule has 5 aromatic rings. The van der Waals surface area contributed by atoms with E-state index in [2.05, 4.69) is 88.3 Å². The molecule has 0 unspecified atom stereocenters. The number of imidazole rings is 1. The summed E-state index contributed by atoms with van der Waals surface area (Å²) in [5.74, 6) is 2.47. The van der Waals surface area contributed by atoms with Gasteiger partial charge in [0.05, 0.1) is 11.0 Å². The van der Waals surface area contributed by atoms with Crippen LogP contribution in [-0.2, 0) is 31.0 Å². The van der Waals surface area contributed by atoms with Gasteiger partial charge in [-0.3, -0.25) is 0 Å². The number of fused-ring (bicyclic) bond motifs is 3. The van der Waals surface area contributed by atoms with Crippen LogP contribution in [0.1, 0.15) is 30.3 Å². The Balaban J connectivity index is 1.72. The van der Waals surface area contributed by atoms with Gasteiger partial charge in [-0.05, 0) is 30.5 Å². The van der Waals surface area contributed by atoms with Gasteiger partial charge in [-0.15, -0.1) is 11.6 Å². The number of nitrogens with zero attached hydrogens (tertiary/aromatic N) is 4. The fourth-order valence-corrected chi connectivity index (χ4v) is 4.77. The molecule has 0 N–H and O–H groups in total. The van der Waals surface area contributed by atoms with Crippen LogP contribution in [0.3, 0.4) is 0 Å². The quantitative estimate of drug-likeness (QED) is 0.185. The van der Waals surface area contributed by atoms with Crippen LogP contribution in [0.4, 0.5) is 5.82 Å². The predicted molar refractivity (Wildman–Crippen MR) is 148 cm³/mol. The van der Waals surface area contributed by atoms with Crippen molar-refractivity contribution in [2.45, 2.75) is 39.6 Å². The normalized spacial score (nSPS) is 11.4. The number of hydrogen-bond acceptors (Lipinski definition) is 4. The Morgan fingerprint density at radius 2 is 1.47 bits per heavy atom. The van der Waals surface area contributed by atoms with E-state index in [1.807, 2.05) is 13.0 Å². The molecule has 0 bridgehead atoms. The lowest BCUT2D eigenvalue weighted by atomic mass is 10.1. The van der Waals surface area contributed by atoms with Gasteiger partial charge in [0.25, 0.3) is 0 Å². The van der Waals surface area contributed by atoms with Crippen molar-refractivity contribution in [2.75, 3.05) is 17.4 Å². The van der Waals surface area contributed by atoms with Crippen molar-refractivity contribution in [1.29, 1.82) is 0 Å². The summed E-state index contributed by atoms with van der Waals surface area (Å²) < 4.78 is 8.11. The maximum absolute atomic E-state index is 6.08. The first-order valence-corrected chi connectivity index (χ1v) is 13.1. The number of alkyl halides is 1. The predicted octanol–water partition coefficient (Wildman–Crippen LogP) is 6.96. The molecule has 0 aliphatic rings. The van der Waals surface area contributed by atoms with Crippen LogP contribution in [0.5, 0.6) is 0 Å². The second-order valence-corrected chi connectivity index (χ2v) is 9.23. The Labute approximate surface area is 217 Å². The summed E-state index contributed by atoms with van der Waals surface area (Å²) in [5.41, 5.74) is 5.39. The van der Waals surface area contributed by atoms with Gasteiger partial charge in [-0.25, -0.2) is 9.97 Å². The molecule has 0 aliphatic heterocycles. The highest BCUT2D eigenvalue weighted by Gasteiger charge is 2.22. The summed E-state index contributed by atoms with van der Waals surface area (Å²) in [7, 11) is 0. The fraction of sp³-hybridized carbons (Fsp3) is 0.267. The minimum atomic E-state index is 0.454. The van der Waals surface area contributed by atoms with Crippen LogP contribution in [0.15, 0.2) is 84.9 Å². The van der Waals surface area contributed by atoms with Crippen LogP contribution in [0, 0.1) is 0 Å². The number of pyridine rings is 1. The van der Waals surface area contributed by atoms with Gasteiger partial charge in [0.1, 0.15) is 18.1 Å². The van der Waals surface area contributed by atoms with E-state index in [1.54, 1.807) is 0 Å². The van der Waals surface area contributed by atoms with Crippen LogP contribution in [0.25, 0.3) is 21.9 Å². The second kappa shape index (κ2) is 11.5. The van der Waals surface area contributed by atoms with Crippen molar-refractivity contribution in [1.82, 2.24) is 14.5 Å². The van der Waals surface area contributed by atoms with E-state index < -0.39 is 0 Å². The number of aromatic nitrogens is 3. The lowest BCUT2D eigenvalue weighted by Crippen LogP contribution is -2.23. The molecule has 0 radical (unpaired) electrons. The number of anilines is 1. The molecule has 0 spiro atoms. The minimum absolute atomic E-state index is 0.454. The van der Waals surface area contributed by atoms with E-state index in [1.165, 1.54) is 11.1 Å². The summed E-state index contributed by atoms with van der Waals surface area (Å²) >= 11 is 6.08. The number of aryl methyl sites for hydroxylation is 1. The highest BCUT2D eigenvalue weighted by Crippen LogP contribution is 2.34. The molecule has 0 amide bonds. The average Bonchev–Trinajstić information content (AvgIpc) is 3.29. The first-order valence-electron chi connectivity index (χ1n) is 12.5. The fourth-order valence-electron chi connectivity index (χ4n) is 4.64. The minimum Gasteiger partial charge on any atom is -0.361 e. The zero-order valence-electron chi connectivity index (χ0n) is 20.6. The molecule has 3 aromatic carbocycles. The zero-order valence-corrected chi connectivity index (χ0v) is 21.4. The topological polar surface area (TPSA) is 43.2 Å². The number of benzene rings is 3. The van der Waals surface area contributed by atoms with E-state index >= 15 is 0 Å². The molecule has 0 saturated carbocycles. The highest BCUT2D eigenvalue weighted by molar-refractivity contribution is 6.17. The Kier molecular flexibility index (Phi) is 7.79. The second-order valence-electron chi connectivity index (χ2n) is 8.85. The third-order valence-corrected chi connectivity index (χ3v) is 6.60. The molecule has 6 heteroatoms. The molecule has 2 heterocycles. The SMILES string of the molecule is CCOCn1c(CCCCl)nc2c(N(Cc3ccccc3)Cc3ccccc3)nc3ccccc3c21. The Morgan fingerprint density at radius 1 is 0.833 bits per heavy atom. The first-order chi connectivity index (χ1) is 17.8. The highest BCUT2D eigenvalue weighted by atomic mass is 35.5. The van der Waals surface area contributed by atoms with E-state index in [0.717, 1.165) is 59.5 Å². The van der Waals surface area contributed by atoms with Gasteiger partial charge in [0.2, 0.25) is 0 Å². The van der Waals surface area contributed by atoms with Gasteiger partial charge in [0, 0.05) is 37.4 Å². The zero-order chi connectivity index (χ0) is 24.7. The molecule has 5 nitrogen and oxygen atoms in total. The molecular weight excluding hydrogens is 468 g/mol. The van der Waals surface area contributed by atoms with Crippen molar-refractivity contribution < 1.29 is 4.74 Å². The molecule has 184 valence electrons. The third-order valence-electron chi connectivity index (χ3n) is 6.33. The number of halogens is 1. The van der Waals surface area contributed by atoms with Crippen LogP contribution in [0.2, 0.25) is 0 Å². The molecule has 0 saturated heterocycles. The van der Waals surface area contributed by atoms with E-state index in [0.29, 0.717) is 19.2 Å². The number of hydrogen-bond donors (Lipinski definition) is 0. The summed E-state index contributed by atoms with van der Waals surface area (Å²) in [6.07, 6.45) is 1.64. The van der Waals surface area contributed by atoms with Gasteiger partial charge in [-0.1, -0.05) is 78.9 Å². The Morgan fingerprint density at radius 3 is 2.11 bits per heavy atom. The lowest BCUT2D eigenvalue weighted by molar-refractivity contribution is 0.0886. The molecular formula is C30H31ClN4O. The summed E-state index contributed by atoms with van der Waals surface area (Å²) in [6, 6.07) is 29.4. The molecule has 36 heavy (non-hydrogen) atoms. The molecule has 0 atom stereocenters. The van der Waals surface area contributed by atoms with Crippen LogP contribution >= 0.6 is 11.6 Å². The monoisotopic (exact) mass is 498 g/mol. The van der Waals surface area contributed by atoms with Gasteiger partial charge >= 0.3 is 0 Å². The standard InChI is InChI=1S/C30H31ClN4O/c1-2-36-22-35-27(18-11-19-31)33-28-29(35)25-16-9-10-17-26(25)32-30(28)34(20-23-12-5-3-6-13-23)21-24-14-7-4-8-15-24/h3-10,12-17H,2,11,18-22H2,1H3. The van der Waals surface area contributed by atoms with Crippen molar-refractivity contribution in [3.05, 3.63) is 102 Å². The van der Waals surface area contributed by atoms with E-state index in [4.69, 9.17) is 26.3 Å². The van der Waals surface area contributed by atoms with Crippen molar-refractivity contribution in [3.8, 4) is 0 Å². The number of ether oxygens (including phenoxy) is 1. The van der Waals surface area contributed by atoms with Crippen molar-refractivity contribution in [3.63, 3.8) is 0 Å². The third kappa shape index (κ3) is 5.23. The van der Waals surface area contributed by atoms with Crippen LogP contribution in [-0.4, -0.2) is 27.0 Å². The van der Waals surface area contributed by atoms with E-state index in [9.17, 15) is 0 Å². The van der Waals surface area contributed by atoms with E-state index in [-0.39, 0.29) is 0 Å². The maximum Gasteiger partial charge on any atom is 0.158 e. The summed E-state index contributed by atoms with van der Waals surface area (Å²) in [4.78, 5) is 12.7. The van der Waals surface area contributed by atoms with Gasteiger partial charge < -0.3 is 14.2 Å². The van der Waals surface area contributed by atoms with Crippen molar-refractivity contribution >= 4 is 39.4 Å². The Hall–Kier alpha value is -3.41. The smallest absolute Gasteiger partial charge is 0.158 e. The summed E-state index contributed by atoms with van der Waals surface area (Å²) in [6.45, 7) is 4.56. The van der Waals surface area contributed by atoms with Gasteiger partial charge in [-0.2, -0.15) is 0 Å².